The van der Waals surface area contributed by atoms with E-state index in [-0.39, 0.29) is 17.6 Å². The molecule has 0 fully saturated rings. The van der Waals surface area contributed by atoms with Crippen LogP contribution in [0.25, 0.3) is 0 Å². The Bertz CT molecular complexity index is 587. The second-order valence-corrected chi connectivity index (χ2v) is 5.17. The van der Waals surface area contributed by atoms with Crippen molar-refractivity contribution in [2.45, 2.75) is 5.02 Å². The van der Waals surface area contributed by atoms with Crippen molar-refractivity contribution in [2.24, 2.45) is 0 Å². The minimum absolute atomic E-state index is 0. The van der Waals surface area contributed by atoms with Gasteiger partial charge in [-0.2, -0.15) is 5.26 Å². The first kappa shape index (κ1) is 19.5. The summed E-state index contributed by atoms with van der Waals surface area (Å²) in [5.74, 6) is 0. The van der Waals surface area contributed by atoms with Crippen LogP contribution >= 0.6 is 12.2 Å². The standard InChI is InChI=1S/C8H6N2OS.C6H6N.ClH.Zn/c9-5-6-1-3-7(4-2-6)10-8(11)12;1-6-3-2-4-7-5-6;;/h1-4H,(H2,10,11,12);2-5H,1H2;1H;/q;;;+1/p-1. The summed E-state index contributed by atoms with van der Waals surface area (Å²) in [6, 6.07) is 12.7. The quantitative estimate of drug-likeness (QED) is 0.572. The van der Waals surface area contributed by atoms with Gasteiger partial charge in [0.2, 0.25) is 0 Å². The van der Waals surface area contributed by atoms with Crippen LogP contribution in [0, 0.1) is 11.3 Å². The Balaban J connectivity index is 0.000000390. The minimum atomic E-state index is -0.278. The van der Waals surface area contributed by atoms with E-state index in [2.05, 4.69) is 28.6 Å². The third kappa shape index (κ3) is 8.36. The van der Waals surface area contributed by atoms with Crippen LogP contribution in [0.5, 0.6) is 0 Å². The molecule has 0 aliphatic carbocycles. The molecule has 1 heterocycles. The maximum absolute atomic E-state index is 8.69. The summed E-state index contributed by atoms with van der Waals surface area (Å²) in [4.78, 5) is 3.98. The maximum atomic E-state index is 8.69. The number of halogens is 1. The summed E-state index contributed by atoms with van der Waals surface area (Å²) in [7, 11) is 0. The van der Waals surface area contributed by atoms with Crippen molar-refractivity contribution in [3.63, 3.8) is 0 Å². The third-order valence-corrected chi connectivity index (χ3v) is 3.59. The summed E-state index contributed by atoms with van der Waals surface area (Å²) >= 11 is 5.74. The zero-order valence-corrected chi connectivity index (χ0v) is 15.7. The van der Waals surface area contributed by atoms with Gasteiger partial charge < -0.3 is 22.8 Å². The second-order valence-electron chi connectivity index (χ2n) is 3.73. The summed E-state index contributed by atoms with van der Waals surface area (Å²) in [5, 5.41) is 20.6. The van der Waals surface area contributed by atoms with E-state index in [1.807, 2.05) is 18.3 Å². The van der Waals surface area contributed by atoms with Gasteiger partial charge in [0.1, 0.15) is 0 Å². The molecule has 0 amide bonds. The molecule has 0 radical (unpaired) electrons. The second kappa shape index (κ2) is 11.2. The fraction of sp³-hybridized carbons (Fsp3) is 0.0714. The van der Waals surface area contributed by atoms with Gasteiger partial charge in [0, 0.05) is 5.69 Å². The number of nitrogens with one attached hydrogen (secondary N) is 1. The van der Waals surface area contributed by atoms with E-state index in [0.717, 1.165) is 0 Å². The number of thiocarbonyl (C=S) groups is 1. The van der Waals surface area contributed by atoms with Crippen LogP contribution in [0.15, 0.2) is 48.8 Å². The van der Waals surface area contributed by atoms with E-state index >= 15 is 0 Å². The van der Waals surface area contributed by atoms with Crippen LogP contribution in [0.3, 0.4) is 0 Å². The molecular weight excluding hydrogens is 359 g/mol. The Morgan fingerprint density at radius 2 is 2.00 bits per heavy atom. The SMILES string of the molecule is N#Cc1ccc(NC(O)=S)cc1.[Cl-].[Zn+][CH2]c1cccnc1. The van der Waals surface area contributed by atoms with Gasteiger partial charge >= 0.3 is 58.4 Å². The zero-order chi connectivity index (χ0) is 14.8. The van der Waals surface area contributed by atoms with Gasteiger partial charge in [-0.3, -0.25) is 0 Å². The summed E-state index contributed by atoms with van der Waals surface area (Å²) < 4.78 is 0. The molecule has 1 aromatic carbocycles. The molecule has 0 atom stereocenters. The van der Waals surface area contributed by atoms with Gasteiger partial charge in [-0.05, 0) is 36.5 Å². The topological polar surface area (TPSA) is 68.9 Å². The molecule has 21 heavy (non-hydrogen) atoms. The van der Waals surface area contributed by atoms with Gasteiger partial charge in [0.15, 0.2) is 0 Å². The van der Waals surface area contributed by atoms with Crippen LogP contribution in [-0.4, -0.2) is 15.3 Å². The first-order valence-corrected chi connectivity index (χ1v) is 8.34. The van der Waals surface area contributed by atoms with E-state index in [4.69, 9.17) is 10.4 Å². The molecule has 4 nitrogen and oxygen atoms in total. The van der Waals surface area contributed by atoms with Crippen LogP contribution < -0.4 is 17.7 Å². The Hall–Kier alpha value is -1.54. The molecule has 104 valence electrons. The molecule has 0 unspecified atom stereocenters. The normalized spacial score (nSPS) is 8.43. The molecule has 0 spiro atoms. The van der Waals surface area contributed by atoms with Crippen LogP contribution in [-0.2, 0) is 23.3 Å². The number of pyridine rings is 1. The molecule has 7 heteroatoms. The summed E-state index contributed by atoms with van der Waals surface area (Å²) in [6.07, 6.45) is 3.72. The van der Waals surface area contributed by atoms with Crippen molar-refractivity contribution in [2.75, 3.05) is 5.32 Å². The number of rotatable bonds is 2. The van der Waals surface area contributed by atoms with Crippen molar-refractivity contribution < 1.29 is 35.8 Å². The Kier molecular flexibility index (Phi) is 10.3. The van der Waals surface area contributed by atoms with Crippen LogP contribution in [0.2, 0.25) is 0 Å². The fourth-order valence-electron chi connectivity index (χ4n) is 1.30. The Morgan fingerprint density at radius 1 is 1.33 bits per heavy atom. The van der Waals surface area contributed by atoms with Crippen molar-refractivity contribution in [3.8, 4) is 6.07 Å². The van der Waals surface area contributed by atoms with Gasteiger partial charge in [-0.25, -0.2) is 0 Å². The number of aromatic nitrogens is 1. The number of aliphatic hydroxyl groups is 1. The van der Waals surface area contributed by atoms with E-state index in [1.165, 1.54) is 28.9 Å². The molecule has 0 saturated carbocycles. The van der Waals surface area contributed by atoms with E-state index < -0.39 is 0 Å². The molecule has 1 aromatic heterocycles. The van der Waals surface area contributed by atoms with Gasteiger partial charge in [0.25, 0.3) is 5.17 Å². The number of anilines is 1. The molecular formula is C14H12ClN3OSZn. The predicted octanol–water partition coefficient (Wildman–Crippen LogP) is -0.0545. The summed E-state index contributed by atoms with van der Waals surface area (Å²) in [5.41, 5.74) is 2.60. The van der Waals surface area contributed by atoms with Crippen LogP contribution in [0.4, 0.5) is 5.69 Å². The average Bonchev–Trinajstić information content (AvgIpc) is 2.49. The molecule has 0 bridgehead atoms. The van der Waals surface area contributed by atoms with E-state index in [9.17, 15) is 0 Å². The number of nitriles is 1. The number of hydrogen-bond acceptors (Lipinski definition) is 3. The van der Waals surface area contributed by atoms with Crippen LogP contribution in [0.1, 0.15) is 11.1 Å². The number of hydrogen-bond donors (Lipinski definition) is 2. The first-order valence-electron chi connectivity index (χ1n) is 5.84. The monoisotopic (exact) mass is 369 g/mol. The predicted molar refractivity (Wildman–Crippen MR) is 77.9 cm³/mol. The molecule has 0 saturated heterocycles. The summed E-state index contributed by atoms with van der Waals surface area (Å²) in [6.45, 7) is 0. The van der Waals surface area contributed by atoms with Crippen molar-refractivity contribution in [1.82, 2.24) is 4.98 Å². The van der Waals surface area contributed by atoms with Gasteiger partial charge in [-0.1, -0.05) is 0 Å². The first-order chi connectivity index (χ1) is 9.65. The van der Waals surface area contributed by atoms with Gasteiger partial charge in [0.05, 0.1) is 11.6 Å². The number of nitrogens with zero attached hydrogens (tertiary/aromatic N) is 2. The van der Waals surface area contributed by atoms with Crippen molar-refractivity contribution >= 4 is 23.1 Å². The van der Waals surface area contributed by atoms with Gasteiger partial charge in [-0.15, -0.1) is 0 Å². The number of benzene rings is 1. The third-order valence-electron chi connectivity index (χ3n) is 2.28. The fourth-order valence-corrected chi connectivity index (χ4v) is 2.04. The molecule has 0 aliphatic heterocycles. The number of aliphatic hydroxyl groups excluding tert-OH is 1. The molecule has 0 aliphatic rings. The Labute approximate surface area is 145 Å². The van der Waals surface area contributed by atoms with Crippen molar-refractivity contribution in [1.29, 1.82) is 5.26 Å². The zero-order valence-electron chi connectivity index (χ0n) is 11.2. The molecule has 2 rings (SSSR count). The average molecular weight is 371 g/mol. The van der Waals surface area contributed by atoms with E-state index in [1.54, 1.807) is 30.5 Å². The Morgan fingerprint density at radius 3 is 2.38 bits per heavy atom. The van der Waals surface area contributed by atoms with Crippen molar-refractivity contribution in [3.05, 3.63) is 59.9 Å². The molecule has 2 aromatic rings. The molecule has 2 N–H and O–H groups in total. The van der Waals surface area contributed by atoms with E-state index in [0.29, 0.717) is 11.3 Å².